The zero-order chi connectivity index (χ0) is 17.0. The Morgan fingerprint density at radius 3 is 2.65 bits per heavy atom. The van der Waals surface area contributed by atoms with Gasteiger partial charge in [0.25, 0.3) is 0 Å². The molecule has 2 heterocycles. The van der Waals surface area contributed by atoms with E-state index in [9.17, 15) is 10.1 Å². The van der Waals surface area contributed by atoms with Crippen LogP contribution in [0.2, 0.25) is 0 Å². The summed E-state index contributed by atoms with van der Waals surface area (Å²) in [5.41, 5.74) is 5.51. The first kappa shape index (κ1) is 17.2. The van der Waals surface area contributed by atoms with Crippen LogP contribution in [0.3, 0.4) is 0 Å². The molecule has 0 unspecified atom stereocenters. The van der Waals surface area contributed by atoms with Crippen molar-refractivity contribution in [2.24, 2.45) is 0 Å². The third kappa shape index (κ3) is 4.17. The maximum atomic E-state index is 11.4. The fraction of sp³-hybridized carbons (Fsp3) is 0.692. The van der Waals surface area contributed by atoms with Gasteiger partial charge in [0.2, 0.25) is 17.6 Å². The van der Waals surface area contributed by atoms with E-state index in [0.717, 1.165) is 0 Å². The van der Waals surface area contributed by atoms with Crippen molar-refractivity contribution in [2.75, 3.05) is 49.3 Å². The molecule has 1 saturated heterocycles. The number of nitrogens with two attached hydrogens (primary N) is 1. The van der Waals surface area contributed by atoms with Gasteiger partial charge in [-0.05, 0) is 13.8 Å². The van der Waals surface area contributed by atoms with Gasteiger partial charge in [0.1, 0.15) is 0 Å². The molecule has 1 aliphatic rings. The Balaban J connectivity index is 2.35. The van der Waals surface area contributed by atoms with Gasteiger partial charge >= 0.3 is 5.69 Å². The fourth-order valence-electron chi connectivity index (χ4n) is 2.55. The second-order valence-electron chi connectivity index (χ2n) is 5.44. The van der Waals surface area contributed by atoms with Crippen molar-refractivity contribution in [3.63, 3.8) is 0 Å². The number of nitrogens with zero attached hydrogens (tertiary/aromatic N) is 4. The maximum absolute atomic E-state index is 11.4. The molecule has 0 radical (unpaired) electrons. The van der Waals surface area contributed by atoms with Gasteiger partial charge in [0.15, 0.2) is 0 Å². The largest absolute Gasteiger partial charge is 0.383 e. The van der Waals surface area contributed by atoms with Gasteiger partial charge in [0.05, 0.1) is 23.7 Å². The Labute approximate surface area is 134 Å². The minimum absolute atomic E-state index is 0.0561. The molecule has 1 aromatic heterocycles. The van der Waals surface area contributed by atoms with Gasteiger partial charge in [0, 0.05) is 26.7 Å². The molecule has 0 spiro atoms. The molecule has 1 aliphatic heterocycles. The molecule has 10 heteroatoms. The van der Waals surface area contributed by atoms with Gasteiger partial charge in [-0.2, -0.15) is 9.97 Å². The fourth-order valence-corrected chi connectivity index (χ4v) is 2.55. The van der Waals surface area contributed by atoms with E-state index < -0.39 is 4.92 Å². The third-order valence-electron chi connectivity index (χ3n) is 3.38. The monoisotopic (exact) mass is 326 g/mol. The van der Waals surface area contributed by atoms with E-state index >= 15 is 0 Å². The normalized spacial score (nSPS) is 21.3. The summed E-state index contributed by atoms with van der Waals surface area (Å²) in [4.78, 5) is 20.9. The van der Waals surface area contributed by atoms with Gasteiger partial charge < -0.3 is 25.4 Å². The van der Waals surface area contributed by atoms with E-state index in [2.05, 4.69) is 15.3 Å². The molecule has 1 aromatic rings. The highest BCUT2D eigenvalue weighted by atomic mass is 16.6. The van der Waals surface area contributed by atoms with Crippen molar-refractivity contribution in [2.45, 2.75) is 26.1 Å². The molecule has 2 rings (SSSR count). The van der Waals surface area contributed by atoms with Crippen LogP contribution in [0, 0.1) is 10.1 Å². The first-order valence-electron chi connectivity index (χ1n) is 7.37. The zero-order valence-electron chi connectivity index (χ0n) is 13.5. The van der Waals surface area contributed by atoms with Crippen molar-refractivity contribution in [3.05, 3.63) is 10.1 Å². The summed E-state index contributed by atoms with van der Waals surface area (Å²) in [6.07, 6.45) is -0.112. The van der Waals surface area contributed by atoms with Crippen LogP contribution in [0.25, 0.3) is 0 Å². The molecule has 128 valence electrons. The van der Waals surface area contributed by atoms with E-state index in [-0.39, 0.29) is 35.5 Å². The van der Waals surface area contributed by atoms with E-state index in [1.165, 1.54) is 0 Å². The zero-order valence-corrected chi connectivity index (χ0v) is 13.5. The first-order chi connectivity index (χ1) is 10.9. The molecule has 0 amide bonds. The second kappa shape index (κ2) is 7.38. The highest BCUT2D eigenvalue weighted by Gasteiger charge is 2.31. The summed E-state index contributed by atoms with van der Waals surface area (Å²) >= 11 is 0. The smallest absolute Gasteiger partial charge is 0.353 e. The Bertz CT molecular complexity index is 560. The van der Waals surface area contributed by atoms with Gasteiger partial charge in [-0.3, -0.25) is 10.1 Å². The number of hydrogen-bond acceptors (Lipinski definition) is 9. The number of morpholine rings is 1. The second-order valence-corrected chi connectivity index (χ2v) is 5.44. The van der Waals surface area contributed by atoms with Crippen LogP contribution in [0.15, 0.2) is 0 Å². The van der Waals surface area contributed by atoms with Crippen LogP contribution in [-0.2, 0) is 9.47 Å². The van der Waals surface area contributed by atoms with Crippen LogP contribution in [0.1, 0.15) is 13.8 Å². The molecule has 1 fully saturated rings. The highest BCUT2D eigenvalue weighted by molar-refractivity contribution is 5.71. The van der Waals surface area contributed by atoms with Gasteiger partial charge in [-0.25, -0.2) is 0 Å². The Morgan fingerprint density at radius 1 is 1.43 bits per heavy atom. The summed E-state index contributed by atoms with van der Waals surface area (Å²) in [5.74, 6) is 0.295. The number of nitrogens with one attached hydrogen (secondary N) is 1. The molecular formula is C13H22N6O4. The Hall–Kier alpha value is -2.20. The number of aromatic nitrogens is 2. The minimum Gasteiger partial charge on any atom is -0.383 e. The molecule has 3 N–H and O–H groups in total. The molecule has 10 nitrogen and oxygen atoms in total. The third-order valence-corrected chi connectivity index (χ3v) is 3.38. The Morgan fingerprint density at radius 2 is 2.09 bits per heavy atom. The van der Waals surface area contributed by atoms with Crippen molar-refractivity contribution in [1.29, 1.82) is 0 Å². The topological polar surface area (TPSA) is 129 Å². The molecule has 0 bridgehead atoms. The van der Waals surface area contributed by atoms with Crippen LogP contribution in [0.5, 0.6) is 0 Å². The predicted octanol–water partition coefficient (Wildman–Crippen LogP) is 0.639. The average Bonchev–Trinajstić information content (AvgIpc) is 2.45. The van der Waals surface area contributed by atoms with Crippen LogP contribution in [-0.4, -0.2) is 60.5 Å². The number of nitro groups is 1. The highest BCUT2D eigenvalue weighted by Crippen LogP contribution is 2.33. The van der Waals surface area contributed by atoms with Gasteiger partial charge in [-0.1, -0.05) is 0 Å². The van der Waals surface area contributed by atoms with Crippen molar-refractivity contribution >= 4 is 23.3 Å². The van der Waals surface area contributed by atoms with Crippen molar-refractivity contribution in [3.8, 4) is 0 Å². The summed E-state index contributed by atoms with van der Waals surface area (Å²) in [6, 6.07) is 0. The number of ether oxygens (including phenoxy) is 2. The summed E-state index contributed by atoms with van der Waals surface area (Å²) in [7, 11) is 1.58. The maximum Gasteiger partial charge on any atom is 0.353 e. The van der Waals surface area contributed by atoms with E-state index in [4.69, 9.17) is 15.2 Å². The van der Waals surface area contributed by atoms with Crippen LogP contribution < -0.4 is 16.0 Å². The molecule has 0 saturated carbocycles. The quantitative estimate of drug-likeness (QED) is 0.439. The number of rotatable bonds is 6. The summed E-state index contributed by atoms with van der Waals surface area (Å²) in [5, 5.41) is 14.3. The van der Waals surface area contributed by atoms with Crippen molar-refractivity contribution in [1.82, 2.24) is 9.97 Å². The van der Waals surface area contributed by atoms with Crippen molar-refractivity contribution < 1.29 is 14.4 Å². The number of anilines is 3. The van der Waals surface area contributed by atoms with E-state index in [1.807, 2.05) is 18.7 Å². The number of hydrogen-bond donors (Lipinski definition) is 2. The lowest BCUT2D eigenvalue weighted by atomic mass is 10.2. The van der Waals surface area contributed by atoms with E-state index in [0.29, 0.717) is 26.2 Å². The van der Waals surface area contributed by atoms with Crippen LogP contribution >= 0.6 is 0 Å². The molecule has 0 aromatic carbocycles. The number of methoxy groups -OCH3 is 1. The minimum atomic E-state index is -0.547. The predicted molar refractivity (Wildman–Crippen MR) is 85.7 cm³/mol. The lowest BCUT2D eigenvalue weighted by molar-refractivity contribution is -0.383. The molecule has 23 heavy (non-hydrogen) atoms. The molecule has 0 aliphatic carbocycles. The first-order valence-corrected chi connectivity index (χ1v) is 7.37. The summed E-state index contributed by atoms with van der Waals surface area (Å²) < 4.78 is 10.6. The lowest BCUT2D eigenvalue weighted by Gasteiger charge is -2.35. The summed E-state index contributed by atoms with van der Waals surface area (Å²) in [6.45, 7) is 5.76. The Kier molecular flexibility index (Phi) is 5.50. The molecular weight excluding hydrogens is 304 g/mol. The molecule has 2 atom stereocenters. The van der Waals surface area contributed by atoms with Crippen LogP contribution in [0.4, 0.5) is 23.3 Å². The van der Waals surface area contributed by atoms with E-state index in [1.54, 1.807) is 7.11 Å². The van der Waals surface area contributed by atoms with Gasteiger partial charge in [-0.15, -0.1) is 0 Å². The average molecular weight is 326 g/mol. The lowest BCUT2D eigenvalue weighted by Crippen LogP contribution is -2.46. The SMILES string of the molecule is COCCNc1nc(N)c([N+](=O)[O-])c(N2C[C@H](C)O[C@@H](C)C2)n1. The number of nitrogen functional groups attached to an aromatic ring is 1. The standard InChI is InChI=1S/C13H22N6O4/c1-8-6-18(7-9(2)23-8)12-10(19(20)21)11(14)16-13(17-12)15-4-5-22-3/h8-9H,4-7H2,1-3H3,(H3,14,15,16,17)/t8-,9-/m0/s1.